The molecule has 8 nitrogen and oxygen atoms in total. The van der Waals surface area contributed by atoms with E-state index in [4.69, 9.17) is 0 Å². The zero-order valence-corrected chi connectivity index (χ0v) is 14.2. The number of aromatic nitrogens is 6. The van der Waals surface area contributed by atoms with Crippen LogP contribution in [0.25, 0.3) is 4.96 Å². The van der Waals surface area contributed by atoms with E-state index in [1.165, 1.54) is 21.9 Å². The van der Waals surface area contributed by atoms with Crippen molar-refractivity contribution >= 4 is 21.4 Å². The van der Waals surface area contributed by atoms with Crippen LogP contribution in [-0.4, -0.2) is 35.9 Å². The summed E-state index contributed by atoms with van der Waals surface area (Å²) in [6.45, 7) is 6.83. The molecule has 122 valence electrons. The first-order valence-corrected chi connectivity index (χ1v) is 8.42. The first-order chi connectivity index (χ1) is 11.1. The molecule has 0 aliphatic carbocycles. The summed E-state index contributed by atoms with van der Waals surface area (Å²) < 4.78 is 3.38. The van der Waals surface area contributed by atoms with E-state index in [2.05, 4.69) is 39.4 Å². The van der Waals surface area contributed by atoms with Crippen LogP contribution >= 0.6 is 11.3 Å². The smallest absolute Gasteiger partial charge is 0.275 e. The number of rotatable bonds is 6. The van der Waals surface area contributed by atoms with Gasteiger partial charge in [0.15, 0.2) is 0 Å². The van der Waals surface area contributed by atoms with Crippen LogP contribution in [0.5, 0.6) is 0 Å². The molecule has 3 aromatic heterocycles. The molecule has 0 fully saturated rings. The van der Waals surface area contributed by atoms with E-state index in [0.29, 0.717) is 22.7 Å². The predicted molar refractivity (Wildman–Crippen MR) is 89.1 cm³/mol. The van der Waals surface area contributed by atoms with Gasteiger partial charge in [-0.05, 0) is 20.3 Å². The van der Waals surface area contributed by atoms with Gasteiger partial charge in [0.2, 0.25) is 10.1 Å². The second-order valence-electron chi connectivity index (χ2n) is 5.47. The van der Waals surface area contributed by atoms with Crippen LogP contribution in [0.2, 0.25) is 0 Å². The van der Waals surface area contributed by atoms with Gasteiger partial charge in [-0.15, -0.1) is 15.3 Å². The molecule has 3 aromatic rings. The minimum atomic E-state index is -0.143. The van der Waals surface area contributed by atoms with E-state index < -0.39 is 0 Å². The van der Waals surface area contributed by atoms with Gasteiger partial charge in [0.1, 0.15) is 12.2 Å². The molecule has 0 saturated carbocycles. The van der Waals surface area contributed by atoms with Gasteiger partial charge < -0.3 is 9.88 Å². The Labute approximate surface area is 137 Å². The number of hydrogen-bond donors (Lipinski definition) is 1. The van der Waals surface area contributed by atoms with Gasteiger partial charge >= 0.3 is 0 Å². The number of fused-ring (bicyclic) bond motifs is 1. The number of nitrogens with one attached hydrogen (secondary N) is 1. The highest BCUT2D eigenvalue weighted by Gasteiger charge is 2.10. The van der Waals surface area contributed by atoms with Crippen molar-refractivity contribution in [3.05, 3.63) is 34.3 Å². The third-order valence-electron chi connectivity index (χ3n) is 3.49. The third-order valence-corrected chi connectivity index (χ3v) is 4.35. The second kappa shape index (κ2) is 6.45. The van der Waals surface area contributed by atoms with Crippen LogP contribution in [-0.2, 0) is 12.8 Å². The number of hydrogen-bond acceptors (Lipinski definition) is 7. The number of nitrogens with zero attached hydrogens (tertiary/aromatic N) is 6. The zero-order valence-electron chi connectivity index (χ0n) is 13.4. The van der Waals surface area contributed by atoms with Crippen LogP contribution in [0, 0.1) is 0 Å². The summed E-state index contributed by atoms with van der Waals surface area (Å²) in [7, 11) is 0. The molecule has 1 N–H and O–H groups in total. The maximum Gasteiger partial charge on any atom is 0.275 e. The van der Waals surface area contributed by atoms with Crippen LogP contribution in [0.15, 0.2) is 17.2 Å². The highest BCUT2D eigenvalue weighted by Crippen LogP contribution is 2.16. The lowest BCUT2D eigenvalue weighted by molar-refractivity contribution is 0.568. The van der Waals surface area contributed by atoms with Crippen molar-refractivity contribution in [2.24, 2.45) is 0 Å². The lowest BCUT2D eigenvalue weighted by Gasteiger charge is -2.09. The van der Waals surface area contributed by atoms with E-state index in [9.17, 15) is 4.79 Å². The topological polar surface area (TPSA) is 90.0 Å². The average molecular weight is 333 g/mol. The molecule has 3 heterocycles. The summed E-state index contributed by atoms with van der Waals surface area (Å²) >= 11 is 1.38. The van der Waals surface area contributed by atoms with E-state index >= 15 is 0 Å². The fourth-order valence-electron chi connectivity index (χ4n) is 2.27. The van der Waals surface area contributed by atoms with E-state index in [1.54, 1.807) is 6.33 Å². The molecule has 0 spiro atoms. The van der Waals surface area contributed by atoms with Gasteiger partial charge in [-0.2, -0.15) is 4.52 Å². The zero-order chi connectivity index (χ0) is 16.4. The highest BCUT2D eigenvalue weighted by atomic mass is 32.1. The molecule has 0 aliphatic heterocycles. The van der Waals surface area contributed by atoms with Gasteiger partial charge in [-0.3, -0.25) is 4.79 Å². The summed E-state index contributed by atoms with van der Waals surface area (Å²) in [6.07, 6.45) is 3.21. The van der Waals surface area contributed by atoms with Crippen molar-refractivity contribution in [3.63, 3.8) is 0 Å². The molecule has 0 bridgehead atoms. The summed E-state index contributed by atoms with van der Waals surface area (Å²) in [5.74, 6) is 0.928. The van der Waals surface area contributed by atoms with E-state index in [-0.39, 0.29) is 5.56 Å². The fourth-order valence-corrected chi connectivity index (χ4v) is 3.12. The summed E-state index contributed by atoms with van der Waals surface area (Å²) in [4.78, 5) is 17.0. The first-order valence-electron chi connectivity index (χ1n) is 7.60. The Morgan fingerprint density at radius 2 is 2.22 bits per heavy atom. The van der Waals surface area contributed by atoms with Gasteiger partial charge in [-0.25, -0.2) is 4.98 Å². The van der Waals surface area contributed by atoms with Crippen molar-refractivity contribution in [1.29, 1.82) is 0 Å². The van der Waals surface area contributed by atoms with E-state index in [1.807, 2.05) is 11.5 Å². The molecule has 0 aliphatic rings. The van der Waals surface area contributed by atoms with Crippen molar-refractivity contribution in [3.8, 4) is 0 Å². The molecule has 3 rings (SSSR count). The first kappa shape index (κ1) is 15.6. The lowest BCUT2D eigenvalue weighted by atomic mass is 10.3. The van der Waals surface area contributed by atoms with Crippen LogP contribution < -0.4 is 10.9 Å². The van der Waals surface area contributed by atoms with Crippen LogP contribution in [0.1, 0.15) is 38.3 Å². The Bertz CT molecular complexity index is 864. The maximum atomic E-state index is 12.0. The van der Waals surface area contributed by atoms with Gasteiger partial charge in [0.05, 0.1) is 0 Å². The molecule has 23 heavy (non-hydrogen) atoms. The summed E-state index contributed by atoms with van der Waals surface area (Å²) in [5.41, 5.74) is 0.644. The van der Waals surface area contributed by atoms with Gasteiger partial charge in [0.25, 0.3) is 5.56 Å². The van der Waals surface area contributed by atoms with E-state index in [0.717, 1.165) is 24.4 Å². The van der Waals surface area contributed by atoms with Crippen molar-refractivity contribution in [2.75, 3.05) is 11.9 Å². The fraction of sp³-hybridized carbons (Fsp3) is 0.500. The predicted octanol–water partition coefficient (Wildman–Crippen LogP) is 1.54. The van der Waals surface area contributed by atoms with Crippen LogP contribution in [0.4, 0.5) is 5.13 Å². The minimum Gasteiger partial charge on any atom is -0.360 e. The molecular weight excluding hydrogens is 314 g/mol. The largest absolute Gasteiger partial charge is 0.360 e. The minimum absolute atomic E-state index is 0.143. The van der Waals surface area contributed by atoms with Crippen molar-refractivity contribution in [1.82, 2.24) is 29.4 Å². The standard InChI is InChI=1S/C14H19N7OS/c1-4-10-7-12(22)21-14(17-10)23-13(19-21)15-6-5-11-18-16-8-20(11)9(2)3/h7-9H,4-6H2,1-3H3,(H,15,19). The average Bonchev–Trinajstić information content (AvgIpc) is 3.13. The molecule has 9 heteroatoms. The summed E-state index contributed by atoms with van der Waals surface area (Å²) in [6, 6.07) is 1.86. The number of aryl methyl sites for hydroxylation is 1. The normalized spacial score (nSPS) is 11.5. The Hall–Kier alpha value is -2.29. The quantitative estimate of drug-likeness (QED) is 0.736. The molecule has 0 saturated heterocycles. The molecule has 0 radical (unpaired) electrons. The second-order valence-corrected chi connectivity index (χ2v) is 6.42. The molecule has 0 unspecified atom stereocenters. The van der Waals surface area contributed by atoms with Gasteiger partial charge in [0, 0.05) is 30.8 Å². The molecule has 0 aromatic carbocycles. The monoisotopic (exact) mass is 333 g/mol. The Balaban J connectivity index is 1.71. The van der Waals surface area contributed by atoms with Crippen molar-refractivity contribution in [2.45, 2.75) is 39.7 Å². The lowest BCUT2D eigenvalue weighted by Crippen LogP contribution is -2.15. The maximum absolute atomic E-state index is 12.0. The Kier molecular flexibility index (Phi) is 4.37. The third kappa shape index (κ3) is 3.24. The summed E-state index contributed by atoms with van der Waals surface area (Å²) in [5, 5.41) is 16.3. The SMILES string of the molecule is CCc1cc(=O)n2nc(NCCc3nncn3C(C)C)sc2n1. The molecule has 0 amide bonds. The van der Waals surface area contributed by atoms with Crippen molar-refractivity contribution < 1.29 is 0 Å². The van der Waals surface area contributed by atoms with Gasteiger partial charge in [-0.1, -0.05) is 18.3 Å². The highest BCUT2D eigenvalue weighted by molar-refractivity contribution is 7.20. The number of anilines is 1. The molecular formula is C14H19N7OS. The van der Waals surface area contributed by atoms with Crippen LogP contribution in [0.3, 0.4) is 0 Å². The Morgan fingerprint density at radius 3 is 2.96 bits per heavy atom. The molecule has 0 atom stereocenters. The Morgan fingerprint density at radius 1 is 1.39 bits per heavy atom.